The number of sulfonamides is 1. The molecule has 1 aliphatic heterocycles. The molecular formula is C21H28N2O6SSi. The van der Waals surface area contributed by atoms with E-state index in [1.54, 1.807) is 24.3 Å². The zero-order chi connectivity index (χ0) is 23.0. The fraction of sp³-hybridized carbons (Fsp3) is 0.429. The van der Waals surface area contributed by atoms with E-state index in [1.807, 2.05) is 0 Å². The van der Waals surface area contributed by atoms with Crippen LogP contribution in [0, 0.1) is 10.1 Å². The van der Waals surface area contributed by atoms with Crippen LogP contribution in [-0.2, 0) is 14.4 Å². The van der Waals surface area contributed by atoms with Crippen molar-refractivity contribution in [3.63, 3.8) is 0 Å². The second-order valence-electron chi connectivity index (χ2n) is 9.06. The molecular weight excluding hydrogens is 436 g/mol. The van der Waals surface area contributed by atoms with Gasteiger partial charge in [0, 0.05) is 12.1 Å². The lowest BCUT2D eigenvalue weighted by atomic mass is 10.2. The van der Waals surface area contributed by atoms with Crippen LogP contribution in [0.25, 0.3) is 0 Å². The largest absolute Gasteiger partial charge is 0.489 e. The molecule has 0 radical (unpaired) electrons. The van der Waals surface area contributed by atoms with Crippen LogP contribution in [-0.4, -0.2) is 40.9 Å². The van der Waals surface area contributed by atoms with Crippen LogP contribution in [0.2, 0.25) is 18.1 Å². The molecule has 2 aromatic carbocycles. The van der Waals surface area contributed by atoms with Crippen molar-refractivity contribution in [2.45, 2.75) is 49.8 Å². The van der Waals surface area contributed by atoms with Gasteiger partial charge < -0.3 is 9.16 Å². The smallest absolute Gasteiger partial charge is 0.270 e. The van der Waals surface area contributed by atoms with E-state index < -0.39 is 29.3 Å². The molecule has 0 fully saturated rings. The van der Waals surface area contributed by atoms with Crippen LogP contribution in [0.1, 0.15) is 20.8 Å². The summed E-state index contributed by atoms with van der Waals surface area (Å²) >= 11 is 0. The molecule has 1 unspecified atom stereocenters. The average Bonchev–Trinajstić information content (AvgIpc) is 2.71. The van der Waals surface area contributed by atoms with Gasteiger partial charge in [0.05, 0.1) is 22.1 Å². The van der Waals surface area contributed by atoms with Crippen molar-refractivity contribution in [2.24, 2.45) is 0 Å². The van der Waals surface area contributed by atoms with E-state index in [2.05, 4.69) is 33.9 Å². The molecule has 10 heteroatoms. The SMILES string of the molecule is CC(C)(C)[Si](C)(C)OCC1COc2ccccc2N1S(=O)(=O)c1cccc([N+](=O)[O-])c1. The molecule has 8 nitrogen and oxygen atoms in total. The van der Waals surface area contributed by atoms with Crippen molar-refractivity contribution in [1.29, 1.82) is 0 Å². The first-order valence-electron chi connectivity index (χ1n) is 9.99. The van der Waals surface area contributed by atoms with Gasteiger partial charge in [-0.3, -0.25) is 14.4 Å². The van der Waals surface area contributed by atoms with Gasteiger partial charge >= 0.3 is 0 Å². The summed E-state index contributed by atoms with van der Waals surface area (Å²) in [7, 11) is -6.24. The number of benzene rings is 2. The van der Waals surface area contributed by atoms with Gasteiger partial charge in [-0.1, -0.05) is 39.0 Å². The summed E-state index contributed by atoms with van der Waals surface area (Å²) in [6, 6.07) is 11.4. The minimum Gasteiger partial charge on any atom is -0.489 e. The Balaban J connectivity index is 2.03. The summed E-state index contributed by atoms with van der Waals surface area (Å²) in [5.41, 5.74) is 0.112. The van der Waals surface area contributed by atoms with Crippen LogP contribution in [0.15, 0.2) is 53.4 Å². The third kappa shape index (κ3) is 4.60. The number of hydrogen-bond donors (Lipinski definition) is 0. The summed E-state index contributed by atoms with van der Waals surface area (Å²) in [5.74, 6) is 0.445. The van der Waals surface area contributed by atoms with Crippen LogP contribution in [0.4, 0.5) is 11.4 Å². The van der Waals surface area contributed by atoms with Crippen molar-refractivity contribution in [3.05, 3.63) is 58.6 Å². The van der Waals surface area contributed by atoms with E-state index in [0.29, 0.717) is 11.4 Å². The second kappa shape index (κ2) is 8.25. The molecule has 0 spiro atoms. The molecule has 0 amide bonds. The molecule has 0 bridgehead atoms. The van der Waals surface area contributed by atoms with Crippen LogP contribution in [0.5, 0.6) is 5.75 Å². The molecule has 2 aromatic rings. The van der Waals surface area contributed by atoms with Gasteiger partial charge in [-0.2, -0.15) is 0 Å². The molecule has 1 heterocycles. The predicted molar refractivity (Wildman–Crippen MR) is 122 cm³/mol. The molecule has 0 saturated carbocycles. The lowest BCUT2D eigenvalue weighted by Gasteiger charge is -2.41. The fourth-order valence-electron chi connectivity index (χ4n) is 3.05. The Kier molecular flexibility index (Phi) is 6.18. The summed E-state index contributed by atoms with van der Waals surface area (Å²) in [4.78, 5) is 10.4. The lowest BCUT2D eigenvalue weighted by molar-refractivity contribution is -0.385. The van der Waals surface area contributed by atoms with E-state index in [0.717, 1.165) is 6.07 Å². The van der Waals surface area contributed by atoms with Gasteiger partial charge in [-0.15, -0.1) is 0 Å². The lowest BCUT2D eigenvalue weighted by Crippen LogP contribution is -2.52. The highest BCUT2D eigenvalue weighted by Crippen LogP contribution is 2.40. The van der Waals surface area contributed by atoms with Crippen molar-refractivity contribution in [2.75, 3.05) is 17.5 Å². The molecule has 0 N–H and O–H groups in total. The highest BCUT2D eigenvalue weighted by molar-refractivity contribution is 7.92. The minimum absolute atomic E-state index is 0.0375. The maximum absolute atomic E-state index is 13.7. The molecule has 1 atom stereocenters. The van der Waals surface area contributed by atoms with Gasteiger partial charge in [0.2, 0.25) is 0 Å². The summed E-state index contributed by atoms with van der Waals surface area (Å²) in [6.07, 6.45) is 0. The van der Waals surface area contributed by atoms with E-state index in [4.69, 9.17) is 9.16 Å². The molecule has 168 valence electrons. The number of para-hydroxylation sites is 2. The Labute approximate surface area is 184 Å². The molecule has 3 rings (SSSR count). The number of non-ortho nitro benzene ring substituents is 1. The number of nitrogens with zero attached hydrogens (tertiary/aromatic N) is 2. The Morgan fingerprint density at radius 3 is 2.52 bits per heavy atom. The van der Waals surface area contributed by atoms with Crippen molar-refractivity contribution < 1.29 is 22.5 Å². The maximum Gasteiger partial charge on any atom is 0.270 e. The maximum atomic E-state index is 13.7. The second-order valence-corrected chi connectivity index (χ2v) is 15.7. The number of ether oxygens (including phenoxy) is 1. The molecule has 0 saturated heterocycles. The third-order valence-electron chi connectivity index (χ3n) is 5.89. The Bertz CT molecular complexity index is 1080. The normalized spacial score (nSPS) is 17.1. The molecule has 0 aromatic heterocycles. The van der Waals surface area contributed by atoms with Gasteiger partial charge in [0.25, 0.3) is 15.7 Å². The van der Waals surface area contributed by atoms with E-state index in [-0.39, 0.29) is 28.8 Å². The van der Waals surface area contributed by atoms with Crippen LogP contribution in [0.3, 0.4) is 0 Å². The van der Waals surface area contributed by atoms with E-state index in [1.165, 1.54) is 22.5 Å². The average molecular weight is 465 g/mol. The monoisotopic (exact) mass is 464 g/mol. The topological polar surface area (TPSA) is 99.0 Å². The summed E-state index contributed by atoms with van der Waals surface area (Å²) < 4.78 is 40.8. The van der Waals surface area contributed by atoms with E-state index in [9.17, 15) is 18.5 Å². The molecule has 0 aliphatic carbocycles. The number of anilines is 1. The van der Waals surface area contributed by atoms with Crippen LogP contribution < -0.4 is 9.04 Å². The van der Waals surface area contributed by atoms with Crippen molar-refractivity contribution >= 4 is 29.7 Å². The predicted octanol–water partition coefficient (Wildman–Crippen LogP) is 4.57. The van der Waals surface area contributed by atoms with Gasteiger partial charge in [0.1, 0.15) is 18.4 Å². The van der Waals surface area contributed by atoms with Crippen molar-refractivity contribution in [3.8, 4) is 5.75 Å². The number of hydrogen-bond acceptors (Lipinski definition) is 6. The van der Waals surface area contributed by atoms with Gasteiger partial charge in [-0.05, 0) is 36.3 Å². The fourth-order valence-corrected chi connectivity index (χ4v) is 5.76. The zero-order valence-electron chi connectivity index (χ0n) is 18.4. The molecule has 1 aliphatic rings. The first kappa shape index (κ1) is 23.2. The first-order valence-corrected chi connectivity index (χ1v) is 14.3. The highest BCUT2D eigenvalue weighted by Gasteiger charge is 2.42. The minimum atomic E-state index is -4.10. The quantitative estimate of drug-likeness (QED) is 0.353. The molecule has 31 heavy (non-hydrogen) atoms. The Morgan fingerprint density at radius 2 is 1.87 bits per heavy atom. The van der Waals surface area contributed by atoms with Crippen molar-refractivity contribution in [1.82, 2.24) is 0 Å². The number of nitro groups is 1. The summed E-state index contributed by atoms with van der Waals surface area (Å²) in [6.45, 7) is 10.8. The van der Waals surface area contributed by atoms with E-state index >= 15 is 0 Å². The Hall–Kier alpha value is -2.43. The highest BCUT2D eigenvalue weighted by atomic mass is 32.2. The first-order chi connectivity index (χ1) is 14.3. The zero-order valence-corrected chi connectivity index (χ0v) is 20.2. The number of nitro benzene ring substituents is 1. The number of fused-ring (bicyclic) bond motifs is 1. The standard InChI is InChI=1S/C21H28N2O6SSi/c1-21(2,3)31(4,5)29-15-17-14-28-20-12-7-6-11-19(20)22(17)30(26,27)18-10-8-9-16(13-18)23(24)25/h6-13,17H,14-15H2,1-5H3. The third-order valence-corrected chi connectivity index (χ3v) is 12.3. The summed E-state index contributed by atoms with van der Waals surface area (Å²) in [5, 5.41) is 11.2. The number of rotatable bonds is 6. The van der Waals surface area contributed by atoms with Gasteiger partial charge in [0.15, 0.2) is 8.32 Å². The Morgan fingerprint density at radius 1 is 1.19 bits per heavy atom. The van der Waals surface area contributed by atoms with Gasteiger partial charge in [-0.25, -0.2) is 8.42 Å². The van der Waals surface area contributed by atoms with Crippen LogP contribution >= 0.6 is 0 Å².